The van der Waals surface area contributed by atoms with E-state index in [0.29, 0.717) is 5.56 Å². The molecule has 0 saturated carbocycles. The van der Waals surface area contributed by atoms with Crippen LogP contribution < -0.4 is 0 Å². The minimum Gasteiger partial charge on any atom is -0.278 e. The summed E-state index contributed by atoms with van der Waals surface area (Å²) in [6, 6.07) is 14.1. The van der Waals surface area contributed by atoms with Crippen LogP contribution >= 0.6 is 11.3 Å². The minimum absolute atomic E-state index is 0.230. The molecule has 0 amide bonds. The maximum Gasteiger partial charge on any atom is 0.240 e. The first-order valence-electron chi connectivity index (χ1n) is 29.5. The molecule has 0 radical (unpaired) electrons. The number of hydrogen-bond donors (Lipinski definition) is 0. The predicted molar refractivity (Wildman–Crippen MR) is 263 cm³/mol. The molecule has 294 valence electrons. The van der Waals surface area contributed by atoms with Crippen LogP contribution in [0.2, 0.25) is 0 Å². The molecule has 5 nitrogen and oxygen atoms in total. The third-order valence-electron chi connectivity index (χ3n) is 11.0. The lowest BCUT2D eigenvalue weighted by atomic mass is 9.97. The van der Waals surface area contributed by atoms with Gasteiger partial charge in [-0.05, 0) is 81.8 Å². The van der Waals surface area contributed by atoms with Gasteiger partial charge in [-0.3, -0.25) is 9.13 Å². The van der Waals surface area contributed by atoms with Gasteiger partial charge < -0.3 is 0 Å². The van der Waals surface area contributed by atoms with Crippen LogP contribution in [0.4, 0.5) is 0 Å². The fourth-order valence-electron chi connectivity index (χ4n) is 8.14. The SMILES string of the molecule is [2H]c1c([2H])c([2H])c(-c2c([2H])c([2H])c3c4c([2H])c([2H])c([2H])c([2H])c4n(-c4nc(-c5cccc(-c6cccc(-c7ccc8c(c7)sc7ccccc78)c6)c5)nc(-n5c6c([2H])c([2H])c([2H])c([2H])c6c6c([2H])c([2H])c([2H])c([2H])c65)n4)c3c2[2H])c([2H])c1[2H]. The van der Waals surface area contributed by atoms with Crippen LogP contribution in [0.5, 0.6) is 0 Å². The average molecular weight is 842 g/mol. The van der Waals surface area contributed by atoms with Crippen LogP contribution in [-0.4, -0.2) is 24.1 Å². The summed E-state index contributed by atoms with van der Waals surface area (Å²) >= 11 is 1.69. The van der Waals surface area contributed by atoms with Crippen LogP contribution in [0.15, 0.2) is 212 Å². The Bertz CT molecular complexity index is 5020. The monoisotopic (exact) mass is 841 g/mol. The van der Waals surface area contributed by atoms with Crippen molar-refractivity contribution < 1.29 is 27.4 Å². The topological polar surface area (TPSA) is 48.5 Å². The van der Waals surface area contributed by atoms with Crippen molar-refractivity contribution in [2.24, 2.45) is 0 Å². The highest BCUT2D eigenvalue weighted by Gasteiger charge is 2.21. The van der Waals surface area contributed by atoms with E-state index in [9.17, 15) is 9.60 Å². The van der Waals surface area contributed by atoms with Gasteiger partial charge in [0.25, 0.3) is 0 Å². The quantitative estimate of drug-likeness (QED) is 0.168. The molecule has 6 heteroatoms. The van der Waals surface area contributed by atoms with Crippen LogP contribution in [0.1, 0.15) is 27.4 Å². The Morgan fingerprint density at radius 3 is 1.54 bits per heavy atom. The van der Waals surface area contributed by atoms with Crippen molar-refractivity contribution in [3.63, 3.8) is 0 Å². The largest absolute Gasteiger partial charge is 0.278 e. The number of para-hydroxylation sites is 3. The van der Waals surface area contributed by atoms with Crippen molar-refractivity contribution in [2.75, 3.05) is 0 Å². The summed E-state index contributed by atoms with van der Waals surface area (Å²) in [5.74, 6) is -1.37. The number of aromatic nitrogens is 5. The second kappa shape index (κ2) is 14.2. The normalized spacial score (nSPS) is 16.3. The van der Waals surface area contributed by atoms with Crippen molar-refractivity contribution in [3.05, 3.63) is 212 Å². The van der Waals surface area contributed by atoms with Crippen LogP contribution in [0.3, 0.4) is 0 Å². The summed E-state index contributed by atoms with van der Waals surface area (Å²) in [6.07, 6.45) is 0. The Labute approximate surface area is 394 Å². The van der Waals surface area contributed by atoms with Crippen LogP contribution in [0.25, 0.3) is 120 Å². The fraction of sp³-hybridized carbons (Fsp3) is 0. The number of benzene rings is 9. The molecule has 0 aliphatic carbocycles. The first-order chi connectivity index (χ1) is 39.5. The molecule has 63 heavy (non-hydrogen) atoms. The van der Waals surface area contributed by atoms with Gasteiger partial charge in [-0.25, -0.2) is 0 Å². The van der Waals surface area contributed by atoms with Crippen molar-refractivity contribution in [1.82, 2.24) is 24.1 Å². The van der Waals surface area contributed by atoms with E-state index in [0.717, 1.165) is 46.0 Å². The summed E-state index contributed by atoms with van der Waals surface area (Å²) in [5, 5.41) is 0.855. The van der Waals surface area contributed by atoms with Crippen molar-refractivity contribution in [2.45, 2.75) is 0 Å². The number of fused-ring (bicyclic) bond motifs is 9. The van der Waals surface area contributed by atoms with E-state index in [4.69, 9.17) is 32.8 Å². The highest BCUT2D eigenvalue weighted by Crippen LogP contribution is 2.39. The van der Waals surface area contributed by atoms with Gasteiger partial charge in [0.15, 0.2) is 5.82 Å². The van der Waals surface area contributed by atoms with Gasteiger partial charge in [0.05, 0.1) is 49.5 Å². The standard InChI is InChI=1S/C57H35N5S/c1-2-14-36(15-3-1)40-28-30-46-45-22-6-10-26-51(45)62(52(46)34-40)57-59-55(58-56(60-57)61-49-24-8-4-20-43(49)44-21-5-9-25-50(44)61)42-19-13-18-39(33-42)37-16-12-17-38(32-37)41-29-31-48-47-23-7-11-27-53(47)63-54(48)35-41/h1-35H/i1D,2D,3D,4D,5D,6D,8D,9D,10D,14D,15D,20D,21D,22D,24D,25D,26D,28D,30D,34D. The number of nitrogens with zero attached hydrogens (tertiary/aromatic N) is 5. The number of rotatable bonds is 6. The van der Waals surface area contributed by atoms with Gasteiger partial charge in [-0.15, -0.1) is 11.3 Å². The fourth-order valence-corrected chi connectivity index (χ4v) is 9.28. The van der Waals surface area contributed by atoms with E-state index < -0.39 is 160 Å². The lowest BCUT2D eigenvalue weighted by Crippen LogP contribution is -2.10. The highest BCUT2D eigenvalue weighted by atomic mass is 32.1. The molecule has 0 unspecified atom stereocenters. The zero-order chi connectivity index (χ0) is 58.8. The van der Waals surface area contributed by atoms with Gasteiger partial charge in [-0.2, -0.15) is 15.0 Å². The van der Waals surface area contributed by atoms with Gasteiger partial charge in [-0.1, -0.05) is 163 Å². The molecule has 13 rings (SSSR count). The van der Waals surface area contributed by atoms with Crippen LogP contribution in [-0.2, 0) is 0 Å². The van der Waals surface area contributed by atoms with Crippen molar-refractivity contribution in [1.29, 1.82) is 0 Å². The average Bonchev–Trinajstić information content (AvgIpc) is 1.79. The molecule has 0 N–H and O–H groups in total. The van der Waals surface area contributed by atoms with Crippen LogP contribution in [0, 0.1) is 0 Å². The smallest absolute Gasteiger partial charge is 0.240 e. The molecule has 13 aromatic rings. The maximum atomic E-state index is 9.94. The van der Waals surface area contributed by atoms with E-state index in [1.54, 1.807) is 29.5 Å². The summed E-state index contributed by atoms with van der Waals surface area (Å²) in [5.41, 5.74) is 0.509. The van der Waals surface area contributed by atoms with E-state index >= 15 is 0 Å². The second-order valence-corrected chi connectivity index (χ2v) is 15.6. The summed E-state index contributed by atoms with van der Waals surface area (Å²) in [6.45, 7) is 0. The zero-order valence-corrected chi connectivity index (χ0v) is 33.1. The molecule has 9 aromatic carbocycles. The molecule has 0 bridgehead atoms. The lowest BCUT2D eigenvalue weighted by Gasteiger charge is -2.13. The van der Waals surface area contributed by atoms with Crippen molar-refractivity contribution in [3.8, 4) is 56.7 Å². The minimum atomic E-state index is -0.823. The first kappa shape index (κ1) is 21.1. The summed E-state index contributed by atoms with van der Waals surface area (Å²) in [7, 11) is 0. The molecule has 4 heterocycles. The van der Waals surface area contributed by atoms with Gasteiger partial charge in [0.2, 0.25) is 11.9 Å². The van der Waals surface area contributed by atoms with E-state index in [-0.39, 0.29) is 38.6 Å². The molecule has 0 saturated heterocycles. The van der Waals surface area contributed by atoms with Crippen molar-refractivity contribution >= 4 is 75.1 Å². The first-order valence-corrected chi connectivity index (χ1v) is 20.4. The van der Waals surface area contributed by atoms with Gasteiger partial charge >= 0.3 is 0 Å². The molecule has 0 aliphatic heterocycles. The Hall–Kier alpha value is -8.19. The second-order valence-electron chi connectivity index (χ2n) is 14.5. The predicted octanol–water partition coefficient (Wildman–Crippen LogP) is 15.1. The van der Waals surface area contributed by atoms with Gasteiger partial charge in [0.1, 0.15) is 0 Å². The Balaban J connectivity index is 1.15. The molecule has 0 fully saturated rings. The maximum absolute atomic E-state index is 9.94. The molecule has 4 aromatic heterocycles. The Kier molecular flexibility index (Phi) is 4.75. The number of hydrogen-bond acceptors (Lipinski definition) is 4. The molecule has 0 aliphatic rings. The third kappa shape index (κ3) is 5.80. The summed E-state index contributed by atoms with van der Waals surface area (Å²) in [4.78, 5) is 14.7. The highest BCUT2D eigenvalue weighted by molar-refractivity contribution is 7.25. The molecule has 0 spiro atoms. The molecule has 0 atom stereocenters. The molecular weight excluding hydrogens is 787 g/mol. The Morgan fingerprint density at radius 2 is 0.873 bits per heavy atom. The lowest BCUT2D eigenvalue weighted by molar-refractivity contribution is 0.893. The van der Waals surface area contributed by atoms with E-state index in [1.165, 1.54) is 0 Å². The van der Waals surface area contributed by atoms with E-state index in [2.05, 4.69) is 30.3 Å². The number of thiophene rings is 1. The van der Waals surface area contributed by atoms with Gasteiger partial charge in [0, 0.05) is 47.3 Å². The summed E-state index contributed by atoms with van der Waals surface area (Å²) < 4.78 is 184. The van der Waals surface area contributed by atoms with E-state index in [1.807, 2.05) is 42.5 Å². The molecular formula is C57H35N5S. The zero-order valence-electron chi connectivity index (χ0n) is 52.3. The Morgan fingerprint density at radius 1 is 0.349 bits per heavy atom. The third-order valence-corrected chi connectivity index (χ3v) is 12.1.